The molecule has 1 aromatic rings. The molecule has 0 aliphatic heterocycles. The van der Waals surface area contributed by atoms with E-state index in [-0.39, 0.29) is 5.15 Å². The maximum atomic E-state index is 9.94. The van der Waals surface area contributed by atoms with Gasteiger partial charge >= 0.3 is 0 Å². The second kappa shape index (κ2) is 3.82. The van der Waals surface area contributed by atoms with E-state index in [1.54, 1.807) is 12.1 Å². The van der Waals surface area contributed by atoms with Crippen molar-refractivity contribution in [2.75, 3.05) is 0 Å². The van der Waals surface area contributed by atoms with Crippen molar-refractivity contribution in [1.29, 1.82) is 0 Å². The minimum atomic E-state index is -0.552. The Balaban J connectivity index is 2.89. The van der Waals surface area contributed by atoms with Crippen LogP contribution in [0.2, 0.25) is 5.15 Å². The van der Waals surface area contributed by atoms with E-state index in [0.29, 0.717) is 5.56 Å². The average molecular weight is 185 g/mol. The molecule has 5 heteroatoms. The van der Waals surface area contributed by atoms with Crippen LogP contribution in [0.25, 0.3) is 6.08 Å². The Morgan fingerprint density at radius 2 is 2.42 bits per heavy atom. The first-order valence-electron chi connectivity index (χ1n) is 3.12. The second-order valence-corrected chi connectivity index (χ2v) is 2.34. The molecular formula is C7H5ClN2O2. The molecule has 0 aromatic carbocycles. The van der Waals surface area contributed by atoms with Crippen molar-refractivity contribution in [2.45, 2.75) is 0 Å². The first kappa shape index (κ1) is 8.67. The Kier molecular flexibility index (Phi) is 2.76. The number of halogens is 1. The molecule has 0 amide bonds. The lowest BCUT2D eigenvalue weighted by atomic mass is 10.3. The molecule has 1 aromatic heterocycles. The molecule has 0 spiro atoms. The van der Waals surface area contributed by atoms with E-state index < -0.39 is 4.92 Å². The molecule has 0 atom stereocenters. The molecule has 0 aliphatic rings. The number of hydrogen-bond donors (Lipinski definition) is 0. The molecule has 0 bridgehead atoms. The van der Waals surface area contributed by atoms with Crippen molar-refractivity contribution in [3.05, 3.63) is 45.4 Å². The molecule has 1 heterocycles. The van der Waals surface area contributed by atoms with Crippen LogP contribution < -0.4 is 0 Å². The largest absolute Gasteiger partial charge is 0.259 e. The number of hydrogen-bond acceptors (Lipinski definition) is 3. The summed E-state index contributed by atoms with van der Waals surface area (Å²) >= 11 is 5.62. The molecule has 0 radical (unpaired) electrons. The number of nitro groups is 1. The van der Waals surface area contributed by atoms with Crippen LogP contribution in [0.1, 0.15) is 5.56 Å². The molecule has 0 fully saturated rings. The fourth-order valence-electron chi connectivity index (χ4n) is 0.664. The summed E-state index contributed by atoms with van der Waals surface area (Å²) in [4.78, 5) is 13.1. The van der Waals surface area contributed by atoms with Crippen LogP contribution in [0.5, 0.6) is 0 Å². The molecule has 62 valence electrons. The number of rotatable bonds is 2. The smallest absolute Gasteiger partial charge is 0.235 e. The van der Waals surface area contributed by atoms with Crippen molar-refractivity contribution in [3.8, 4) is 0 Å². The second-order valence-electron chi connectivity index (χ2n) is 1.98. The van der Waals surface area contributed by atoms with Gasteiger partial charge in [-0.2, -0.15) is 0 Å². The quantitative estimate of drug-likeness (QED) is 0.401. The van der Waals surface area contributed by atoms with Gasteiger partial charge in [0, 0.05) is 17.8 Å². The summed E-state index contributed by atoms with van der Waals surface area (Å²) in [5.41, 5.74) is 0.538. The maximum Gasteiger partial charge on any atom is 0.235 e. The van der Waals surface area contributed by atoms with Gasteiger partial charge in [0.05, 0.1) is 4.92 Å². The van der Waals surface area contributed by atoms with Crippen LogP contribution in [0, 0.1) is 10.1 Å². The van der Waals surface area contributed by atoms with Crippen LogP contribution in [-0.2, 0) is 0 Å². The van der Waals surface area contributed by atoms with Gasteiger partial charge in [0.15, 0.2) is 0 Å². The minimum absolute atomic E-state index is 0.260. The summed E-state index contributed by atoms with van der Waals surface area (Å²) in [6.07, 6.45) is 3.64. The summed E-state index contributed by atoms with van der Waals surface area (Å²) in [7, 11) is 0. The maximum absolute atomic E-state index is 9.94. The van der Waals surface area contributed by atoms with Gasteiger partial charge < -0.3 is 0 Å². The normalized spacial score (nSPS) is 10.4. The highest BCUT2D eigenvalue weighted by atomic mass is 35.5. The Hall–Kier alpha value is -1.42. The fraction of sp³-hybridized carbons (Fsp3) is 0. The van der Waals surface area contributed by atoms with Gasteiger partial charge in [-0.3, -0.25) is 10.1 Å². The highest BCUT2D eigenvalue weighted by molar-refractivity contribution is 6.30. The lowest BCUT2D eigenvalue weighted by molar-refractivity contribution is -0.400. The van der Waals surface area contributed by atoms with Crippen LogP contribution in [-0.4, -0.2) is 9.91 Å². The zero-order valence-corrected chi connectivity index (χ0v) is 6.73. The first-order valence-corrected chi connectivity index (χ1v) is 3.50. The number of pyridine rings is 1. The van der Waals surface area contributed by atoms with Gasteiger partial charge in [0.2, 0.25) is 6.20 Å². The summed E-state index contributed by atoms with van der Waals surface area (Å²) < 4.78 is 0. The zero-order chi connectivity index (χ0) is 8.97. The van der Waals surface area contributed by atoms with Gasteiger partial charge in [-0.05, 0) is 6.07 Å². The molecule has 1 rings (SSSR count). The van der Waals surface area contributed by atoms with Crippen LogP contribution in [0.4, 0.5) is 0 Å². The van der Waals surface area contributed by atoms with Crippen molar-refractivity contribution < 1.29 is 4.92 Å². The van der Waals surface area contributed by atoms with Crippen LogP contribution >= 0.6 is 11.6 Å². The molecule has 12 heavy (non-hydrogen) atoms. The molecule has 0 aliphatic carbocycles. The van der Waals surface area contributed by atoms with Crippen molar-refractivity contribution in [3.63, 3.8) is 0 Å². The van der Waals surface area contributed by atoms with Crippen LogP contribution in [0.15, 0.2) is 24.5 Å². The van der Waals surface area contributed by atoms with Gasteiger partial charge in [-0.1, -0.05) is 17.7 Å². The van der Waals surface area contributed by atoms with Gasteiger partial charge in [0.1, 0.15) is 5.15 Å². The Morgan fingerprint density at radius 3 is 3.00 bits per heavy atom. The topological polar surface area (TPSA) is 56.0 Å². The van der Waals surface area contributed by atoms with E-state index in [1.165, 1.54) is 12.3 Å². The van der Waals surface area contributed by atoms with Crippen molar-refractivity contribution >= 4 is 17.7 Å². The van der Waals surface area contributed by atoms with Crippen molar-refractivity contribution in [2.24, 2.45) is 0 Å². The van der Waals surface area contributed by atoms with Gasteiger partial charge in [-0.25, -0.2) is 4.98 Å². The zero-order valence-electron chi connectivity index (χ0n) is 5.98. The third-order valence-electron chi connectivity index (χ3n) is 1.16. The molecule has 0 N–H and O–H groups in total. The summed E-state index contributed by atoms with van der Waals surface area (Å²) in [6.45, 7) is 0. The molecule has 0 saturated carbocycles. The molecule has 0 saturated heterocycles. The molecule has 0 unspecified atom stereocenters. The highest BCUT2D eigenvalue weighted by Crippen LogP contribution is 2.12. The molecular weight excluding hydrogens is 180 g/mol. The molecule has 4 nitrogen and oxygen atoms in total. The number of nitrogens with zero attached hydrogens (tertiary/aromatic N) is 2. The fourth-order valence-corrected chi connectivity index (χ4v) is 0.846. The lowest BCUT2D eigenvalue weighted by Crippen LogP contribution is -1.84. The monoisotopic (exact) mass is 184 g/mol. The van der Waals surface area contributed by atoms with E-state index in [1.807, 2.05) is 0 Å². The van der Waals surface area contributed by atoms with Gasteiger partial charge in [-0.15, -0.1) is 0 Å². The third kappa shape index (κ3) is 2.32. The summed E-state index contributed by atoms with van der Waals surface area (Å²) in [5.74, 6) is 0. The van der Waals surface area contributed by atoms with E-state index in [4.69, 9.17) is 11.6 Å². The first-order chi connectivity index (χ1) is 5.70. The predicted molar refractivity (Wildman–Crippen MR) is 45.3 cm³/mol. The predicted octanol–water partition coefficient (Wildman–Crippen LogP) is 1.98. The Morgan fingerprint density at radius 1 is 1.67 bits per heavy atom. The summed E-state index contributed by atoms with van der Waals surface area (Å²) in [6, 6.07) is 3.31. The Labute approximate surface area is 73.6 Å². The number of aromatic nitrogens is 1. The third-order valence-corrected chi connectivity index (χ3v) is 1.48. The lowest BCUT2D eigenvalue weighted by Gasteiger charge is -1.92. The van der Waals surface area contributed by atoms with Crippen molar-refractivity contribution in [1.82, 2.24) is 4.98 Å². The summed E-state index contributed by atoms with van der Waals surface area (Å²) in [5, 5.41) is 10.2. The minimum Gasteiger partial charge on any atom is -0.259 e. The Bertz CT molecular complexity index is 325. The van der Waals surface area contributed by atoms with E-state index in [9.17, 15) is 10.1 Å². The van der Waals surface area contributed by atoms with Gasteiger partial charge in [0.25, 0.3) is 0 Å². The van der Waals surface area contributed by atoms with Crippen LogP contribution in [0.3, 0.4) is 0 Å². The van der Waals surface area contributed by atoms with E-state index in [0.717, 1.165) is 6.20 Å². The standard InChI is InChI=1S/C7H5ClN2O2/c8-7-6(2-1-4-9-7)3-5-10(11)12/h1-5H. The van der Waals surface area contributed by atoms with E-state index in [2.05, 4.69) is 4.98 Å². The highest BCUT2D eigenvalue weighted by Gasteiger charge is 1.96. The average Bonchev–Trinajstić information content (AvgIpc) is 2.03. The SMILES string of the molecule is O=[N+]([O-])C=Cc1cccnc1Cl. The van der Waals surface area contributed by atoms with E-state index >= 15 is 0 Å².